The zero-order valence-corrected chi connectivity index (χ0v) is 16.7. The van der Waals surface area contributed by atoms with Crippen LogP contribution in [-0.4, -0.2) is 59.0 Å². The minimum absolute atomic E-state index is 0.323. The minimum Gasteiger partial charge on any atom is -0.358 e. The van der Waals surface area contributed by atoms with Crippen LogP contribution in [0.1, 0.15) is 22.6 Å². The molecule has 0 bridgehead atoms. The average Bonchev–Trinajstić information content (AvgIpc) is 3.15. The van der Waals surface area contributed by atoms with Crippen molar-refractivity contribution in [1.82, 2.24) is 24.4 Å². The number of rotatable bonds is 4. The lowest BCUT2D eigenvalue weighted by Gasteiger charge is -2.34. The molecule has 144 valence electrons. The van der Waals surface area contributed by atoms with Gasteiger partial charge >= 0.3 is 0 Å². The van der Waals surface area contributed by atoms with E-state index in [0.29, 0.717) is 42.5 Å². The van der Waals surface area contributed by atoms with Gasteiger partial charge in [0.25, 0.3) is 0 Å². The summed E-state index contributed by atoms with van der Waals surface area (Å²) in [6.07, 6.45) is 0. The molecule has 0 saturated carbocycles. The molecule has 4 rings (SSSR count). The normalized spacial score (nSPS) is 17.0. The third-order valence-corrected chi connectivity index (χ3v) is 7.56. The number of fused-ring (bicyclic) bond motifs is 1. The van der Waals surface area contributed by atoms with Crippen LogP contribution in [0.15, 0.2) is 29.2 Å². The largest absolute Gasteiger partial charge is 0.358 e. The van der Waals surface area contributed by atoms with Gasteiger partial charge in [0.15, 0.2) is 0 Å². The summed E-state index contributed by atoms with van der Waals surface area (Å²) >= 11 is 0. The van der Waals surface area contributed by atoms with E-state index in [9.17, 15) is 8.42 Å². The predicted molar refractivity (Wildman–Crippen MR) is 105 cm³/mol. The molecule has 3 heterocycles. The van der Waals surface area contributed by atoms with Gasteiger partial charge in [0.1, 0.15) is 4.90 Å². The second kappa shape index (κ2) is 6.78. The minimum atomic E-state index is -3.50. The number of sulfonamides is 1. The van der Waals surface area contributed by atoms with E-state index in [4.69, 9.17) is 0 Å². The Bertz CT molecular complexity index is 1060. The zero-order chi connectivity index (χ0) is 19.2. The van der Waals surface area contributed by atoms with Gasteiger partial charge in [0.05, 0.1) is 11.4 Å². The maximum atomic E-state index is 13.0. The Kier molecular flexibility index (Phi) is 4.57. The molecule has 0 aliphatic carbocycles. The highest BCUT2D eigenvalue weighted by molar-refractivity contribution is 7.89. The molecule has 3 aromatic rings. The summed E-state index contributed by atoms with van der Waals surface area (Å²) in [4.78, 5) is 6.08. The number of aromatic nitrogens is 3. The SMILES string of the molecule is Cc1n[nH]c(C)c1S(=O)(=O)N1CCN(Cc2c(C)[nH]c3ccccc23)CC1. The van der Waals surface area contributed by atoms with Crippen molar-refractivity contribution in [3.63, 3.8) is 0 Å². The molecule has 1 fully saturated rings. The molecule has 1 aromatic carbocycles. The van der Waals surface area contributed by atoms with E-state index >= 15 is 0 Å². The number of nitrogens with zero attached hydrogens (tertiary/aromatic N) is 3. The summed E-state index contributed by atoms with van der Waals surface area (Å²) < 4.78 is 27.5. The van der Waals surface area contributed by atoms with Crippen LogP contribution in [0.5, 0.6) is 0 Å². The summed E-state index contributed by atoms with van der Waals surface area (Å²) in [6.45, 7) is 8.83. The quantitative estimate of drug-likeness (QED) is 0.719. The van der Waals surface area contributed by atoms with Gasteiger partial charge in [-0.25, -0.2) is 8.42 Å². The van der Waals surface area contributed by atoms with E-state index in [1.54, 1.807) is 18.2 Å². The first kappa shape index (κ1) is 18.2. The van der Waals surface area contributed by atoms with Gasteiger partial charge in [-0.3, -0.25) is 10.00 Å². The number of H-pyrrole nitrogens is 2. The molecular weight excluding hydrogens is 362 g/mol. The second-order valence-corrected chi connectivity index (χ2v) is 9.09. The Labute approximate surface area is 159 Å². The Morgan fingerprint density at radius 2 is 1.74 bits per heavy atom. The van der Waals surface area contributed by atoms with Gasteiger partial charge in [-0.1, -0.05) is 18.2 Å². The maximum Gasteiger partial charge on any atom is 0.246 e. The molecule has 1 aliphatic heterocycles. The molecule has 0 atom stereocenters. The molecule has 0 spiro atoms. The second-order valence-electron chi connectivity index (χ2n) is 7.22. The van der Waals surface area contributed by atoms with E-state index in [1.165, 1.54) is 16.6 Å². The Balaban J connectivity index is 1.48. The number of nitrogens with one attached hydrogen (secondary N) is 2. The average molecular weight is 388 g/mol. The highest BCUT2D eigenvalue weighted by Gasteiger charge is 2.32. The smallest absolute Gasteiger partial charge is 0.246 e. The summed E-state index contributed by atoms with van der Waals surface area (Å²) in [5.41, 5.74) is 4.75. The van der Waals surface area contributed by atoms with Crippen LogP contribution in [0.2, 0.25) is 0 Å². The fourth-order valence-electron chi connectivity index (χ4n) is 3.94. The molecule has 0 radical (unpaired) electrons. The van der Waals surface area contributed by atoms with Crippen molar-refractivity contribution in [1.29, 1.82) is 0 Å². The zero-order valence-electron chi connectivity index (χ0n) is 15.9. The summed E-state index contributed by atoms with van der Waals surface area (Å²) in [6, 6.07) is 8.32. The number of aryl methyl sites for hydroxylation is 3. The van der Waals surface area contributed by atoms with E-state index in [1.807, 2.05) is 6.07 Å². The molecule has 0 unspecified atom stereocenters. The molecule has 8 heteroatoms. The van der Waals surface area contributed by atoms with Crippen LogP contribution in [0.4, 0.5) is 0 Å². The predicted octanol–water partition coefficient (Wildman–Crippen LogP) is 2.32. The van der Waals surface area contributed by atoms with Crippen LogP contribution in [0, 0.1) is 20.8 Å². The van der Waals surface area contributed by atoms with Gasteiger partial charge in [0, 0.05) is 49.3 Å². The lowest BCUT2D eigenvalue weighted by atomic mass is 10.1. The maximum absolute atomic E-state index is 13.0. The van der Waals surface area contributed by atoms with Crippen LogP contribution in [-0.2, 0) is 16.6 Å². The molecule has 2 N–H and O–H groups in total. The van der Waals surface area contributed by atoms with Crippen molar-refractivity contribution in [2.45, 2.75) is 32.2 Å². The number of aromatic amines is 2. The molecule has 0 amide bonds. The van der Waals surface area contributed by atoms with E-state index in [2.05, 4.69) is 45.2 Å². The van der Waals surface area contributed by atoms with Crippen LogP contribution < -0.4 is 0 Å². The third kappa shape index (κ3) is 3.18. The highest BCUT2D eigenvalue weighted by atomic mass is 32.2. The Hall–Kier alpha value is -2.16. The van der Waals surface area contributed by atoms with Gasteiger partial charge in [-0.15, -0.1) is 0 Å². The summed E-state index contributed by atoms with van der Waals surface area (Å²) in [5, 5.41) is 8.06. The van der Waals surface area contributed by atoms with Crippen molar-refractivity contribution in [2.24, 2.45) is 0 Å². The van der Waals surface area contributed by atoms with Gasteiger partial charge in [-0.05, 0) is 32.4 Å². The van der Waals surface area contributed by atoms with Crippen LogP contribution in [0.3, 0.4) is 0 Å². The fourth-order valence-corrected chi connectivity index (χ4v) is 5.69. The number of benzene rings is 1. The van der Waals surface area contributed by atoms with E-state index in [-0.39, 0.29) is 0 Å². The van der Waals surface area contributed by atoms with Gasteiger partial charge in [0.2, 0.25) is 10.0 Å². The monoisotopic (exact) mass is 387 g/mol. The van der Waals surface area contributed by atoms with Crippen molar-refractivity contribution in [3.8, 4) is 0 Å². The standard InChI is InChI=1S/C19H25N5O2S/c1-13-17(16-6-4-5-7-18(16)20-13)12-23-8-10-24(11-9-23)27(25,26)19-14(2)21-22-15(19)3/h4-7,20H,8-12H2,1-3H3,(H,21,22). The molecule has 1 saturated heterocycles. The Morgan fingerprint density at radius 3 is 2.41 bits per heavy atom. The van der Waals surface area contributed by atoms with Crippen LogP contribution >= 0.6 is 0 Å². The topological polar surface area (TPSA) is 85.1 Å². The van der Waals surface area contributed by atoms with Crippen molar-refractivity contribution in [3.05, 3.63) is 46.9 Å². The fraction of sp³-hybridized carbons (Fsp3) is 0.421. The summed E-state index contributed by atoms with van der Waals surface area (Å²) in [5.74, 6) is 0. The molecular formula is C19H25N5O2S. The lowest BCUT2D eigenvalue weighted by molar-refractivity contribution is 0.182. The first-order valence-corrected chi connectivity index (χ1v) is 10.6. The highest BCUT2D eigenvalue weighted by Crippen LogP contribution is 2.26. The first-order chi connectivity index (χ1) is 12.9. The van der Waals surface area contributed by atoms with E-state index < -0.39 is 10.0 Å². The third-order valence-electron chi connectivity index (χ3n) is 5.40. The van der Waals surface area contributed by atoms with Crippen molar-refractivity contribution < 1.29 is 8.42 Å². The molecule has 27 heavy (non-hydrogen) atoms. The van der Waals surface area contributed by atoms with Crippen LogP contribution in [0.25, 0.3) is 10.9 Å². The van der Waals surface area contributed by atoms with Crippen molar-refractivity contribution in [2.75, 3.05) is 26.2 Å². The number of hydrogen-bond acceptors (Lipinski definition) is 4. The van der Waals surface area contributed by atoms with Crippen molar-refractivity contribution >= 4 is 20.9 Å². The molecule has 1 aliphatic rings. The number of para-hydroxylation sites is 1. The van der Waals surface area contributed by atoms with E-state index in [0.717, 1.165) is 12.1 Å². The number of hydrogen-bond donors (Lipinski definition) is 2. The number of piperazine rings is 1. The lowest BCUT2D eigenvalue weighted by Crippen LogP contribution is -2.48. The first-order valence-electron chi connectivity index (χ1n) is 9.18. The molecule has 2 aromatic heterocycles. The van der Waals surface area contributed by atoms with Gasteiger partial charge in [-0.2, -0.15) is 9.40 Å². The Morgan fingerprint density at radius 1 is 1.04 bits per heavy atom. The van der Waals surface area contributed by atoms with Gasteiger partial charge < -0.3 is 4.98 Å². The molecule has 7 nitrogen and oxygen atoms in total. The summed E-state index contributed by atoms with van der Waals surface area (Å²) in [7, 11) is -3.50.